The summed E-state index contributed by atoms with van der Waals surface area (Å²) in [5.74, 6) is -1.16. The third kappa shape index (κ3) is 4.79. The fraction of sp³-hybridized carbons (Fsp3) is 0.429. The van der Waals surface area contributed by atoms with Crippen LogP contribution in [0.3, 0.4) is 0 Å². The van der Waals surface area contributed by atoms with E-state index >= 15 is 0 Å². The molecule has 1 unspecified atom stereocenters. The van der Waals surface area contributed by atoms with Gasteiger partial charge < -0.3 is 15.2 Å². The Labute approximate surface area is 122 Å². The van der Waals surface area contributed by atoms with Gasteiger partial charge in [0.15, 0.2) is 0 Å². The third-order valence-corrected chi connectivity index (χ3v) is 3.95. The van der Waals surface area contributed by atoms with E-state index in [0.29, 0.717) is 11.5 Å². The van der Waals surface area contributed by atoms with Crippen LogP contribution < -0.4 is 5.32 Å². The van der Waals surface area contributed by atoms with Gasteiger partial charge in [0.25, 0.3) is 5.91 Å². The van der Waals surface area contributed by atoms with Crippen molar-refractivity contribution in [2.75, 3.05) is 13.7 Å². The molecule has 20 heavy (non-hydrogen) atoms. The van der Waals surface area contributed by atoms with E-state index in [1.54, 1.807) is 13.2 Å². The molecule has 0 aliphatic rings. The number of aryl methyl sites for hydroxylation is 1. The van der Waals surface area contributed by atoms with Crippen LogP contribution in [0.1, 0.15) is 33.5 Å². The minimum Gasteiger partial charge on any atom is -0.478 e. The van der Waals surface area contributed by atoms with Crippen LogP contribution in [0.5, 0.6) is 0 Å². The van der Waals surface area contributed by atoms with Crippen LogP contribution in [0.25, 0.3) is 6.08 Å². The van der Waals surface area contributed by atoms with Crippen LogP contribution >= 0.6 is 11.3 Å². The number of hydrogen-bond donors (Lipinski definition) is 2. The average molecular weight is 297 g/mol. The Kier molecular flexibility index (Phi) is 6.41. The lowest BCUT2D eigenvalue weighted by Gasteiger charge is -2.14. The first-order valence-corrected chi connectivity index (χ1v) is 7.10. The maximum atomic E-state index is 12.1. The number of methoxy groups -OCH3 is 1. The van der Waals surface area contributed by atoms with Crippen LogP contribution in [-0.4, -0.2) is 36.7 Å². The molecule has 6 heteroatoms. The largest absolute Gasteiger partial charge is 0.478 e. The lowest BCUT2D eigenvalue weighted by molar-refractivity contribution is -0.131. The Morgan fingerprint density at radius 2 is 2.25 bits per heavy atom. The van der Waals surface area contributed by atoms with Crippen LogP contribution in [0.15, 0.2) is 12.1 Å². The summed E-state index contributed by atoms with van der Waals surface area (Å²) in [6, 6.07) is 1.74. The summed E-state index contributed by atoms with van der Waals surface area (Å²) in [6.45, 7) is 4.30. The second-order valence-corrected chi connectivity index (χ2v) is 5.45. The molecule has 0 bridgehead atoms. The quantitative estimate of drug-likeness (QED) is 0.757. The van der Waals surface area contributed by atoms with Gasteiger partial charge >= 0.3 is 5.97 Å². The van der Waals surface area contributed by atoms with Crippen molar-refractivity contribution >= 4 is 29.3 Å². The fourth-order valence-corrected chi connectivity index (χ4v) is 2.62. The first kappa shape index (κ1) is 16.4. The first-order valence-electron chi connectivity index (χ1n) is 6.29. The van der Waals surface area contributed by atoms with Gasteiger partial charge in [0.1, 0.15) is 0 Å². The number of carbonyl (C=O) groups excluding carboxylic acids is 1. The van der Waals surface area contributed by atoms with E-state index in [-0.39, 0.29) is 11.9 Å². The van der Waals surface area contributed by atoms with Crippen LogP contribution in [-0.2, 0) is 9.53 Å². The maximum absolute atomic E-state index is 12.1. The summed E-state index contributed by atoms with van der Waals surface area (Å²) in [5.41, 5.74) is 0.887. The second-order valence-electron chi connectivity index (χ2n) is 4.36. The van der Waals surface area contributed by atoms with E-state index in [1.165, 1.54) is 17.4 Å². The molecule has 0 aliphatic carbocycles. The molecule has 5 nitrogen and oxygen atoms in total. The molecule has 1 rings (SSSR count). The van der Waals surface area contributed by atoms with Gasteiger partial charge in [0, 0.05) is 18.1 Å². The molecule has 110 valence electrons. The lowest BCUT2D eigenvalue weighted by atomic mass is 10.2. The number of aliphatic carboxylic acids is 1. The van der Waals surface area contributed by atoms with Gasteiger partial charge in [-0.3, -0.25) is 4.79 Å². The molecule has 0 aliphatic heterocycles. The topological polar surface area (TPSA) is 75.6 Å². The number of carboxylic acids is 1. The summed E-state index contributed by atoms with van der Waals surface area (Å²) in [5, 5.41) is 11.5. The number of hydrogen-bond acceptors (Lipinski definition) is 4. The predicted molar refractivity (Wildman–Crippen MR) is 79.1 cm³/mol. The molecule has 1 atom stereocenters. The molecule has 0 aromatic carbocycles. The van der Waals surface area contributed by atoms with E-state index < -0.39 is 5.97 Å². The highest BCUT2D eigenvalue weighted by Gasteiger charge is 2.15. The van der Waals surface area contributed by atoms with Gasteiger partial charge in [-0.15, -0.1) is 11.3 Å². The molecule has 0 saturated heterocycles. The van der Waals surface area contributed by atoms with E-state index in [2.05, 4.69) is 5.32 Å². The van der Waals surface area contributed by atoms with Crippen molar-refractivity contribution in [1.82, 2.24) is 5.32 Å². The fourth-order valence-electron chi connectivity index (χ4n) is 1.64. The summed E-state index contributed by atoms with van der Waals surface area (Å²) < 4.78 is 5.04. The SMILES string of the molecule is CCC(COC)NC(=O)c1cc(C)c(/C=C/C(=O)O)s1. The number of carboxylic acid groups (broad SMARTS) is 1. The van der Waals surface area contributed by atoms with Gasteiger partial charge in [-0.05, 0) is 31.1 Å². The van der Waals surface area contributed by atoms with E-state index in [0.717, 1.165) is 22.9 Å². The Balaban J connectivity index is 2.79. The first-order chi connectivity index (χ1) is 9.47. The summed E-state index contributed by atoms with van der Waals surface area (Å²) >= 11 is 1.28. The van der Waals surface area contributed by atoms with Crippen molar-refractivity contribution in [2.45, 2.75) is 26.3 Å². The minimum absolute atomic E-state index is 0.0204. The summed E-state index contributed by atoms with van der Waals surface area (Å²) in [7, 11) is 1.60. The lowest BCUT2D eigenvalue weighted by Crippen LogP contribution is -2.37. The van der Waals surface area contributed by atoms with Gasteiger partial charge in [0.05, 0.1) is 17.5 Å². The Bertz CT molecular complexity index is 507. The smallest absolute Gasteiger partial charge is 0.328 e. The molecule has 0 spiro atoms. The zero-order valence-electron chi connectivity index (χ0n) is 11.8. The normalized spacial score (nSPS) is 12.6. The molecule has 0 saturated carbocycles. The van der Waals surface area contributed by atoms with Crippen molar-refractivity contribution in [3.8, 4) is 0 Å². The third-order valence-electron chi connectivity index (χ3n) is 2.75. The van der Waals surface area contributed by atoms with Crippen molar-refractivity contribution in [3.05, 3.63) is 27.5 Å². The Morgan fingerprint density at radius 3 is 2.80 bits per heavy atom. The summed E-state index contributed by atoms with van der Waals surface area (Å²) in [6.07, 6.45) is 3.36. The standard InChI is InChI=1S/C14H19NO4S/c1-4-10(8-19-3)15-14(18)12-7-9(2)11(20-12)5-6-13(16)17/h5-7,10H,4,8H2,1-3H3,(H,15,18)(H,16,17)/b6-5+. The molecule has 1 aromatic heterocycles. The molecular weight excluding hydrogens is 278 g/mol. The van der Waals surface area contributed by atoms with Gasteiger partial charge in [-0.1, -0.05) is 6.92 Å². The molecule has 1 aromatic rings. The van der Waals surface area contributed by atoms with Gasteiger partial charge in [-0.25, -0.2) is 4.79 Å². The number of rotatable bonds is 7. The highest BCUT2D eigenvalue weighted by Crippen LogP contribution is 2.23. The van der Waals surface area contributed by atoms with Gasteiger partial charge in [-0.2, -0.15) is 0 Å². The molecule has 0 fully saturated rings. The van der Waals surface area contributed by atoms with Crippen molar-refractivity contribution in [3.63, 3.8) is 0 Å². The second kappa shape index (κ2) is 7.81. The number of amides is 1. The average Bonchev–Trinajstić information content (AvgIpc) is 2.77. The molecule has 0 radical (unpaired) electrons. The zero-order chi connectivity index (χ0) is 15.1. The highest BCUT2D eigenvalue weighted by molar-refractivity contribution is 7.15. The number of thiophene rings is 1. The van der Waals surface area contributed by atoms with Crippen LogP contribution in [0.2, 0.25) is 0 Å². The summed E-state index contributed by atoms with van der Waals surface area (Å²) in [4.78, 5) is 23.9. The van der Waals surface area contributed by atoms with E-state index in [1.807, 2.05) is 13.8 Å². The number of carbonyl (C=O) groups is 2. The van der Waals surface area contributed by atoms with Crippen LogP contribution in [0, 0.1) is 6.92 Å². The number of ether oxygens (including phenoxy) is 1. The van der Waals surface area contributed by atoms with E-state index in [4.69, 9.17) is 9.84 Å². The van der Waals surface area contributed by atoms with Crippen molar-refractivity contribution in [1.29, 1.82) is 0 Å². The maximum Gasteiger partial charge on any atom is 0.328 e. The van der Waals surface area contributed by atoms with Crippen LogP contribution in [0.4, 0.5) is 0 Å². The highest BCUT2D eigenvalue weighted by atomic mass is 32.1. The zero-order valence-corrected chi connectivity index (χ0v) is 12.6. The predicted octanol–water partition coefficient (Wildman–Crippen LogP) is 2.31. The Morgan fingerprint density at radius 1 is 1.55 bits per heavy atom. The number of nitrogens with one attached hydrogen (secondary N) is 1. The molecule has 2 N–H and O–H groups in total. The minimum atomic E-state index is -1.00. The van der Waals surface area contributed by atoms with E-state index in [9.17, 15) is 9.59 Å². The monoisotopic (exact) mass is 297 g/mol. The molecule has 1 amide bonds. The molecular formula is C14H19NO4S. The molecule has 1 heterocycles. The van der Waals surface area contributed by atoms with Gasteiger partial charge in [0.2, 0.25) is 0 Å². The Hall–Kier alpha value is -1.66. The van der Waals surface area contributed by atoms with Crippen molar-refractivity contribution < 1.29 is 19.4 Å². The van der Waals surface area contributed by atoms with Crippen molar-refractivity contribution in [2.24, 2.45) is 0 Å².